The van der Waals surface area contributed by atoms with Gasteiger partial charge in [-0.3, -0.25) is 9.59 Å². The van der Waals surface area contributed by atoms with Crippen molar-refractivity contribution >= 4 is 40.2 Å². The molecule has 0 aliphatic carbocycles. The summed E-state index contributed by atoms with van der Waals surface area (Å²) in [5, 5.41) is 8.21. The molecular formula is C18H16N4O2S. The van der Waals surface area contributed by atoms with Crippen molar-refractivity contribution < 1.29 is 9.59 Å². The number of nitrogen functional groups attached to an aromatic ring is 1. The fourth-order valence-corrected chi connectivity index (χ4v) is 2.91. The number of hydrogen-bond acceptors (Lipinski definition) is 5. The molecule has 1 aromatic heterocycles. The largest absolute Gasteiger partial charge is 0.397 e. The highest BCUT2D eigenvalue weighted by Gasteiger charge is 2.10. The zero-order chi connectivity index (χ0) is 17.8. The second-order valence-electron chi connectivity index (χ2n) is 5.35. The number of thiazole rings is 1. The van der Waals surface area contributed by atoms with E-state index < -0.39 is 0 Å². The molecule has 0 saturated heterocycles. The Hall–Kier alpha value is -3.19. The van der Waals surface area contributed by atoms with Crippen molar-refractivity contribution in [3.63, 3.8) is 0 Å². The van der Waals surface area contributed by atoms with Gasteiger partial charge in [0.05, 0.1) is 11.4 Å². The molecule has 3 aromatic rings. The average Bonchev–Trinajstić information content (AvgIpc) is 3.11. The van der Waals surface area contributed by atoms with Gasteiger partial charge in [-0.2, -0.15) is 0 Å². The Kier molecular flexibility index (Phi) is 4.76. The zero-order valence-corrected chi connectivity index (χ0v) is 14.3. The smallest absolute Gasteiger partial charge is 0.255 e. The number of nitrogens with one attached hydrogen (secondary N) is 2. The van der Waals surface area contributed by atoms with Gasteiger partial charge >= 0.3 is 0 Å². The van der Waals surface area contributed by atoms with Crippen LogP contribution in [-0.2, 0) is 4.79 Å². The highest BCUT2D eigenvalue weighted by Crippen LogP contribution is 2.28. The van der Waals surface area contributed by atoms with E-state index in [1.165, 1.54) is 18.3 Å². The van der Waals surface area contributed by atoms with E-state index in [0.717, 1.165) is 10.6 Å². The van der Waals surface area contributed by atoms with Crippen LogP contribution in [0.3, 0.4) is 0 Å². The molecule has 6 nitrogen and oxygen atoms in total. The molecule has 0 fully saturated rings. The molecule has 2 amide bonds. The first-order chi connectivity index (χ1) is 12.0. The summed E-state index contributed by atoms with van der Waals surface area (Å²) in [4.78, 5) is 27.6. The van der Waals surface area contributed by atoms with Crippen LogP contribution in [0.1, 0.15) is 17.3 Å². The molecule has 0 saturated carbocycles. The van der Waals surface area contributed by atoms with Crippen LogP contribution in [0.15, 0.2) is 54.0 Å². The van der Waals surface area contributed by atoms with Crippen molar-refractivity contribution in [1.29, 1.82) is 0 Å². The van der Waals surface area contributed by atoms with Gasteiger partial charge in [0.1, 0.15) is 5.01 Å². The molecule has 0 atom stereocenters. The molecule has 0 unspecified atom stereocenters. The lowest BCUT2D eigenvalue weighted by atomic mass is 10.1. The van der Waals surface area contributed by atoms with Crippen LogP contribution in [-0.4, -0.2) is 16.8 Å². The van der Waals surface area contributed by atoms with Gasteiger partial charge in [-0.05, 0) is 42.5 Å². The van der Waals surface area contributed by atoms with Crippen molar-refractivity contribution in [1.82, 2.24) is 4.98 Å². The van der Waals surface area contributed by atoms with Crippen LogP contribution in [0, 0.1) is 0 Å². The molecule has 1 heterocycles. The number of hydrogen-bond donors (Lipinski definition) is 3. The summed E-state index contributed by atoms with van der Waals surface area (Å²) in [7, 11) is 0. The maximum absolute atomic E-state index is 12.3. The van der Waals surface area contributed by atoms with Gasteiger partial charge in [0.15, 0.2) is 0 Å². The van der Waals surface area contributed by atoms with Crippen LogP contribution in [0.2, 0.25) is 0 Å². The molecular weight excluding hydrogens is 336 g/mol. The summed E-state index contributed by atoms with van der Waals surface area (Å²) >= 11 is 1.52. The Balaban J connectivity index is 1.73. The van der Waals surface area contributed by atoms with E-state index in [1.807, 2.05) is 11.4 Å². The minimum atomic E-state index is -0.275. The lowest BCUT2D eigenvalue weighted by Gasteiger charge is -2.10. The number of carbonyl (C=O) groups is 2. The summed E-state index contributed by atoms with van der Waals surface area (Å²) in [5.74, 6) is -0.437. The van der Waals surface area contributed by atoms with Crippen LogP contribution in [0.4, 0.5) is 17.1 Å². The second kappa shape index (κ2) is 7.14. The third-order valence-corrected chi connectivity index (χ3v) is 4.27. The van der Waals surface area contributed by atoms with Crippen molar-refractivity contribution in [3.8, 4) is 10.6 Å². The standard InChI is InChI=1S/C18H16N4O2S/c1-11(23)21-14-5-2-12(3-6-14)17(24)22-16-7-4-13(10-15(16)19)18-20-8-9-25-18/h2-10H,19H2,1H3,(H,21,23)(H,22,24). The Bertz CT molecular complexity index is 905. The van der Waals surface area contributed by atoms with E-state index in [9.17, 15) is 9.59 Å². The van der Waals surface area contributed by atoms with Crippen molar-refractivity contribution in [3.05, 3.63) is 59.6 Å². The number of aromatic nitrogens is 1. The van der Waals surface area contributed by atoms with Gasteiger partial charge in [0.25, 0.3) is 5.91 Å². The second-order valence-corrected chi connectivity index (χ2v) is 6.25. The minimum Gasteiger partial charge on any atom is -0.397 e. The summed E-state index contributed by atoms with van der Waals surface area (Å²) in [5.41, 5.74) is 9.07. The minimum absolute atomic E-state index is 0.162. The molecule has 0 bridgehead atoms. The summed E-state index contributed by atoms with van der Waals surface area (Å²) in [6, 6.07) is 12.0. The first-order valence-corrected chi connectivity index (χ1v) is 8.39. The average molecular weight is 352 g/mol. The SMILES string of the molecule is CC(=O)Nc1ccc(C(=O)Nc2ccc(-c3nccs3)cc2N)cc1. The third-order valence-electron chi connectivity index (χ3n) is 3.45. The Morgan fingerprint density at radius 3 is 2.44 bits per heavy atom. The van der Waals surface area contributed by atoms with Crippen molar-refractivity contribution in [2.45, 2.75) is 6.92 Å². The van der Waals surface area contributed by atoms with Crippen LogP contribution in [0.5, 0.6) is 0 Å². The quantitative estimate of drug-likeness (QED) is 0.625. The first kappa shape index (κ1) is 16.7. The van der Waals surface area contributed by atoms with E-state index in [4.69, 9.17) is 5.73 Å². The Morgan fingerprint density at radius 1 is 1.08 bits per heavy atom. The van der Waals surface area contributed by atoms with E-state index in [-0.39, 0.29) is 11.8 Å². The Labute approximate surface area is 148 Å². The molecule has 2 aromatic carbocycles. The van der Waals surface area contributed by atoms with E-state index in [0.29, 0.717) is 22.6 Å². The van der Waals surface area contributed by atoms with Crippen molar-refractivity contribution in [2.24, 2.45) is 0 Å². The highest BCUT2D eigenvalue weighted by atomic mass is 32.1. The molecule has 0 aliphatic heterocycles. The molecule has 4 N–H and O–H groups in total. The molecule has 0 spiro atoms. The van der Waals surface area contributed by atoms with Crippen LogP contribution < -0.4 is 16.4 Å². The van der Waals surface area contributed by atoms with Gasteiger partial charge in [-0.15, -0.1) is 11.3 Å². The molecule has 25 heavy (non-hydrogen) atoms. The highest BCUT2D eigenvalue weighted by molar-refractivity contribution is 7.13. The monoisotopic (exact) mass is 352 g/mol. The molecule has 7 heteroatoms. The van der Waals surface area contributed by atoms with Gasteiger partial charge in [-0.1, -0.05) is 0 Å². The van der Waals surface area contributed by atoms with Gasteiger partial charge in [0, 0.05) is 35.3 Å². The number of nitrogens with zero attached hydrogens (tertiary/aromatic N) is 1. The zero-order valence-electron chi connectivity index (χ0n) is 13.4. The fourth-order valence-electron chi connectivity index (χ4n) is 2.28. The number of anilines is 3. The lowest BCUT2D eigenvalue weighted by molar-refractivity contribution is -0.114. The molecule has 3 rings (SSSR count). The maximum atomic E-state index is 12.3. The molecule has 126 valence electrons. The maximum Gasteiger partial charge on any atom is 0.255 e. The summed E-state index contributed by atoms with van der Waals surface area (Å²) in [6.45, 7) is 1.43. The van der Waals surface area contributed by atoms with Gasteiger partial charge in [0.2, 0.25) is 5.91 Å². The number of benzene rings is 2. The van der Waals surface area contributed by atoms with Crippen LogP contribution in [0.25, 0.3) is 10.6 Å². The number of rotatable bonds is 4. The molecule has 0 radical (unpaired) electrons. The summed E-state index contributed by atoms with van der Waals surface area (Å²) in [6.07, 6.45) is 1.73. The van der Waals surface area contributed by atoms with Crippen LogP contribution >= 0.6 is 11.3 Å². The third kappa shape index (κ3) is 4.02. The predicted molar refractivity (Wildman–Crippen MR) is 101 cm³/mol. The Morgan fingerprint density at radius 2 is 1.84 bits per heavy atom. The normalized spacial score (nSPS) is 10.3. The molecule has 0 aliphatic rings. The predicted octanol–water partition coefficient (Wildman–Crippen LogP) is 3.60. The van der Waals surface area contributed by atoms with Gasteiger partial charge in [-0.25, -0.2) is 4.98 Å². The number of amides is 2. The van der Waals surface area contributed by atoms with E-state index in [2.05, 4.69) is 15.6 Å². The fraction of sp³-hybridized carbons (Fsp3) is 0.0556. The number of nitrogens with two attached hydrogens (primary N) is 1. The topological polar surface area (TPSA) is 97.1 Å². The summed E-state index contributed by atoms with van der Waals surface area (Å²) < 4.78 is 0. The number of carbonyl (C=O) groups excluding carboxylic acids is 2. The van der Waals surface area contributed by atoms with E-state index in [1.54, 1.807) is 42.6 Å². The van der Waals surface area contributed by atoms with Crippen molar-refractivity contribution in [2.75, 3.05) is 16.4 Å². The first-order valence-electron chi connectivity index (χ1n) is 7.51. The lowest BCUT2D eigenvalue weighted by Crippen LogP contribution is -2.13. The van der Waals surface area contributed by atoms with E-state index >= 15 is 0 Å². The van der Waals surface area contributed by atoms with Gasteiger partial charge < -0.3 is 16.4 Å².